The smallest absolute Gasteiger partial charge is 0.342 e. The van der Waals surface area contributed by atoms with E-state index in [0.29, 0.717) is 6.42 Å². The van der Waals surface area contributed by atoms with Gasteiger partial charge in [-0.15, -0.1) is 4.40 Å². The van der Waals surface area contributed by atoms with Crippen molar-refractivity contribution < 1.29 is 13.2 Å². The van der Waals surface area contributed by atoms with E-state index in [0.717, 1.165) is 49.1 Å². The summed E-state index contributed by atoms with van der Waals surface area (Å²) in [6.07, 6.45) is 6.19. The van der Waals surface area contributed by atoms with Crippen molar-refractivity contribution in [1.82, 2.24) is 0 Å². The second-order valence-corrected chi connectivity index (χ2v) is 9.32. The number of halogens is 2. The van der Waals surface area contributed by atoms with Gasteiger partial charge in [0.25, 0.3) is 0 Å². The van der Waals surface area contributed by atoms with Gasteiger partial charge in [0, 0.05) is 27.5 Å². The molecule has 3 aliphatic rings. The van der Waals surface area contributed by atoms with Crippen molar-refractivity contribution in [3.63, 3.8) is 0 Å². The number of rotatable bonds is 1. The van der Waals surface area contributed by atoms with E-state index in [1.807, 2.05) is 12.1 Å². The standard InChI is InChI=1S/C16H17Cl2NO3S/c17-12-5-3-4-11-6-9-16-8-2-1-7-15(16,14(11)12)10-13(22-16)19-23(18,20)21/h3-5H,1-2,6-10H2/t15-,16+/m0/s1. The maximum atomic E-state index is 11.4. The summed E-state index contributed by atoms with van der Waals surface area (Å²) in [6.45, 7) is 0. The molecule has 0 aromatic heterocycles. The van der Waals surface area contributed by atoms with E-state index in [4.69, 9.17) is 27.0 Å². The van der Waals surface area contributed by atoms with Crippen molar-refractivity contribution in [2.75, 3.05) is 0 Å². The lowest BCUT2D eigenvalue weighted by atomic mass is 9.54. The largest absolute Gasteiger partial charge is 0.473 e. The Bertz CT molecular complexity index is 808. The van der Waals surface area contributed by atoms with Gasteiger partial charge in [0.2, 0.25) is 5.90 Å². The Morgan fingerprint density at radius 1 is 1.17 bits per heavy atom. The highest BCUT2D eigenvalue weighted by atomic mass is 35.7. The molecular formula is C16H17Cl2NO3S. The predicted molar refractivity (Wildman–Crippen MR) is 90.6 cm³/mol. The van der Waals surface area contributed by atoms with Crippen LogP contribution < -0.4 is 0 Å². The number of ether oxygens (including phenoxy) is 1. The zero-order valence-corrected chi connectivity index (χ0v) is 14.8. The lowest BCUT2D eigenvalue weighted by Gasteiger charge is -2.51. The topological polar surface area (TPSA) is 55.7 Å². The zero-order chi connectivity index (χ0) is 16.3. The van der Waals surface area contributed by atoms with Crippen LogP contribution in [0.5, 0.6) is 0 Å². The molecule has 2 atom stereocenters. The fourth-order valence-corrected chi connectivity index (χ4v) is 5.85. The summed E-state index contributed by atoms with van der Waals surface area (Å²) in [5.74, 6) is 0.231. The van der Waals surface area contributed by atoms with E-state index in [9.17, 15) is 8.42 Å². The Kier molecular flexibility index (Phi) is 3.49. The van der Waals surface area contributed by atoms with Gasteiger partial charge in [-0.3, -0.25) is 0 Å². The molecule has 4 nitrogen and oxygen atoms in total. The maximum Gasteiger partial charge on any atom is 0.342 e. The van der Waals surface area contributed by atoms with Gasteiger partial charge in [0.15, 0.2) is 0 Å². The molecule has 1 saturated heterocycles. The molecule has 1 aromatic rings. The van der Waals surface area contributed by atoms with E-state index >= 15 is 0 Å². The number of nitrogens with zero attached hydrogens (tertiary/aromatic N) is 1. The van der Waals surface area contributed by atoms with Gasteiger partial charge in [0.1, 0.15) is 5.60 Å². The minimum atomic E-state index is -3.99. The van der Waals surface area contributed by atoms with Crippen LogP contribution in [0, 0.1) is 0 Å². The third kappa shape index (κ3) is 2.31. The van der Waals surface area contributed by atoms with Crippen LogP contribution in [0.4, 0.5) is 0 Å². The van der Waals surface area contributed by atoms with Crippen LogP contribution in [0.25, 0.3) is 0 Å². The van der Waals surface area contributed by atoms with Crippen molar-refractivity contribution in [1.29, 1.82) is 0 Å². The molecule has 4 rings (SSSR count). The Morgan fingerprint density at radius 2 is 1.96 bits per heavy atom. The van der Waals surface area contributed by atoms with Gasteiger partial charge < -0.3 is 4.74 Å². The van der Waals surface area contributed by atoms with Gasteiger partial charge in [-0.1, -0.05) is 30.2 Å². The SMILES string of the molecule is O=S(=O)(Cl)N=C1C[C@]23CCCC[C@]2(CCc2cccc(Cl)c23)O1. The van der Waals surface area contributed by atoms with Crippen LogP contribution in [0.3, 0.4) is 0 Å². The van der Waals surface area contributed by atoms with E-state index < -0.39 is 14.8 Å². The fourth-order valence-electron chi connectivity index (χ4n) is 4.90. The number of hydrogen-bond acceptors (Lipinski definition) is 3. The molecule has 1 aromatic carbocycles. The Labute approximate surface area is 145 Å². The third-order valence-corrected chi connectivity index (χ3v) is 6.60. The van der Waals surface area contributed by atoms with Crippen molar-refractivity contribution in [3.8, 4) is 0 Å². The average molecular weight is 374 g/mol. The molecule has 1 aliphatic heterocycles. The normalized spacial score (nSPS) is 34.4. The molecule has 23 heavy (non-hydrogen) atoms. The zero-order valence-electron chi connectivity index (χ0n) is 12.5. The highest BCUT2D eigenvalue weighted by Crippen LogP contribution is 2.61. The highest BCUT2D eigenvalue weighted by molar-refractivity contribution is 8.12. The lowest BCUT2D eigenvalue weighted by Crippen LogP contribution is -2.54. The molecule has 0 radical (unpaired) electrons. The van der Waals surface area contributed by atoms with Gasteiger partial charge >= 0.3 is 9.24 Å². The van der Waals surface area contributed by atoms with Crippen LogP contribution >= 0.6 is 22.3 Å². The second kappa shape index (κ2) is 5.11. The molecule has 0 amide bonds. The molecule has 0 N–H and O–H groups in total. The number of benzene rings is 1. The summed E-state index contributed by atoms with van der Waals surface area (Å²) in [4.78, 5) is 0. The van der Waals surface area contributed by atoms with E-state index in [-0.39, 0.29) is 11.3 Å². The molecule has 2 aliphatic carbocycles. The van der Waals surface area contributed by atoms with Crippen LogP contribution in [0.2, 0.25) is 5.02 Å². The van der Waals surface area contributed by atoms with Crippen LogP contribution in [-0.4, -0.2) is 19.9 Å². The first-order valence-electron chi connectivity index (χ1n) is 7.86. The van der Waals surface area contributed by atoms with Gasteiger partial charge in [-0.2, -0.15) is 8.42 Å². The molecule has 0 unspecified atom stereocenters. The molecule has 1 heterocycles. The summed E-state index contributed by atoms with van der Waals surface area (Å²) in [7, 11) is 1.33. The summed E-state index contributed by atoms with van der Waals surface area (Å²) in [5, 5.41) is 0.743. The van der Waals surface area contributed by atoms with E-state index in [1.54, 1.807) is 0 Å². The first-order valence-corrected chi connectivity index (χ1v) is 10.5. The first kappa shape index (κ1) is 15.7. The number of aryl methyl sites for hydroxylation is 1. The Morgan fingerprint density at radius 3 is 2.74 bits per heavy atom. The maximum absolute atomic E-state index is 11.4. The molecule has 0 spiro atoms. The summed E-state index contributed by atoms with van der Waals surface area (Å²) in [6, 6.07) is 6.00. The third-order valence-electron chi connectivity index (χ3n) is 5.66. The minimum Gasteiger partial charge on any atom is -0.473 e. The average Bonchev–Trinajstić information content (AvgIpc) is 2.79. The van der Waals surface area contributed by atoms with Gasteiger partial charge in [-0.25, -0.2) is 0 Å². The number of fused-ring (bicyclic) bond motifs is 1. The molecule has 1 saturated carbocycles. The summed E-state index contributed by atoms with van der Waals surface area (Å²) >= 11 is 6.56. The molecule has 7 heteroatoms. The highest BCUT2D eigenvalue weighted by Gasteiger charge is 2.63. The van der Waals surface area contributed by atoms with Crippen molar-refractivity contribution >= 4 is 37.4 Å². The Balaban J connectivity index is 1.93. The van der Waals surface area contributed by atoms with Crippen LogP contribution in [-0.2, 0) is 25.8 Å². The quantitative estimate of drug-likeness (QED) is 0.695. The number of hydrogen-bond donors (Lipinski definition) is 0. The molecule has 0 bridgehead atoms. The minimum absolute atomic E-state index is 0.231. The molecule has 2 fully saturated rings. The summed E-state index contributed by atoms with van der Waals surface area (Å²) < 4.78 is 32.6. The monoisotopic (exact) mass is 373 g/mol. The second-order valence-electron chi connectivity index (χ2n) is 6.73. The van der Waals surface area contributed by atoms with Crippen LogP contribution in [0.15, 0.2) is 22.6 Å². The van der Waals surface area contributed by atoms with Gasteiger partial charge in [0.05, 0.1) is 0 Å². The van der Waals surface area contributed by atoms with Crippen molar-refractivity contribution in [2.24, 2.45) is 4.40 Å². The van der Waals surface area contributed by atoms with Crippen LogP contribution in [0.1, 0.15) is 49.7 Å². The van der Waals surface area contributed by atoms with Crippen molar-refractivity contribution in [3.05, 3.63) is 34.3 Å². The van der Waals surface area contributed by atoms with E-state index in [1.165, 1.54) is 5.56 Å². The lowest BCUT2D eigenvalue weighted by molar-refractivity contribution is -0.0323. The first-order chi connectivity index (χ1) is 10.9. The van der Waals surface area contributed by atoms with Gasteiger partial charge in [-0.05, 0) is 49.3 Å². The van der Waals surface area contributed by atoms with Crippen molar-refractivity contribution in [2.45, 2.75) is 56.0 Å². The van der Waals surface area contributed by atoms with E-state index in [2.05, 4.69) is 10.5 Å². The fraction of sp³-hybridized carbons (Fsp3) is 0.562. The molecule has 124 valence electrons. The predicted octanol–water partition coefficient (Wildman–Crippen LogP) is 4.14. The Hall–Kier alpha value is -0.780. The molecular weight excluding hydrogens is 357 g/mol. The summed E-state index contributed by atoms with van der Waals surface area (Å²) in [5.41, 5.74) is 1.69.